The molecular formula is C74H134N2O28. The van der Waals surface area contributed by atoms with Crippen molar-refractivity contribution in [2.75, 3.05) is 39.6 Å². The molecule has 608 valence electrons. The van der Waals surface area contributed by atoms with E-state index in [0.29, 0.717) is 12.8 Å². The number of aliphatic hydroxyl groups excluding tert-OH is 16. The molecule has 5 saturated heterocycles. The first-order valence-corrected chi connectivity index (χ1v) is 39.1. The van der Waals surface area contributed by atoms with Crippen molar-refractivity contribution in [3.05, 3.63) is 24.3 Å². The van der Waals surface area contributed by atoms with Crippen LogP contribution >= 0.6 is 0 Å². The van der Waals surface area contributed by atoms with Crippen molar-refractivity contribution < 1.29 is 139 Å². The molecule has 5 heterocycles. The smallest absolute Gasteiger partial charge is 0.220 e. The Hall–Kier alpha value is -2.62. The van der Waals surface area contributed by atoms with Gasteiger partial charge in [0.2, 0.25) is 11.8 Å². The summed E-state index contributed by atoms with van der Waals surface area (Å²) in [6.07, 6.45) is -2.00. The van der Waals surface area contributed by atoms with Crippen LogP contribution in [0, 0.1) is 0 Å². The van der Waals surface area contributed by atoms with Gasteiger partial charge >= 0.3 is 0 Å². The molecule has 0 radical (unpaired) electrons. The maximum atomic E-state index is 13.5. The van der Waals surface area contributed by atoms with E-state index in [1.807, 2.05) is 6.08 Å². The number of carbonyl (C=O) groups is 2. The predicted molar refractivity (Wildman–Crippen MR) is 377 cm³/mol. The van der Waals surface area contributed by atoms with Gasteiger partial charge in [-0.15, -0.1) is 0 Å². The van der Waals surface area contributed by atoms with Crippen LogP contribution < -0.4 is 10.6 Å². The number of hydrogen-bond donors (Lipinski definition) is 18. The van der Waals surface area contributed by atoms with Gasteiger partial charge in [-0.3, -0.25) is 9.59 Å². The molecule has 0 aliphatic carbocycles. The molecule has 104 heavy (non-hydrogen) atoms. The Labute approximate surface area is 614 Å². The number of nitrogens with one attached hydrogen (secondary N) is 2. The van der Waals surface area contributed by atoms with E-state index >= 15 is 0 Å². The molecule has 30 nitrogen and oxygen atoms in total. The molecule has 0 saturated carbocycles. The lowest BCUT2D eigenvalue weighted by Gasteiger charge is -2.50. The lowest BCUT2D eigenvalue weighted by atomic mass is 9.95. The summed E-state index contributed by atoms with van der Waals surface area (Å²) in [5.74, 6) is -1.06. The summed E-state index contributed by atoms with van der Waals surface area (Å²) < 4.78 is 58.1. The van der Waals surface area contributed by atoms with Gasteiger partial charge in [0.25, 0.3) is 0 Å². The van der Waals surface area contributed by atoms with Gasteiger partial charge in [0.15, 0.2) is 31.5 Å². The summed E-state index contributed by atoms with van der Waals surface area (Å²) in [7, 11) is 0. The van der Waals surface area contributed by atoms with E-state index in [4.69, 9.17) is 47.4 Å². The molecule has 30 heteroatoms. The summed E-state index contributed by atoms with van der Waals surface area (Å²) in [5.41, 5.74) is 0. The Morgan fingerprint density at radius 2 is 0.712 bits per heavy atom. The van der Waals surface area contributed by atoms with Crippen molar-refractivity contribution >= 4 is 11.8 Å². The van der Waals surface area contributed by atoms with Crippen LogP contribution in [-0.2, 0) is 57.0 Å². The van der Waals surface area contributed by atoms with Crippen LogP contribution in [0.15, 0.2) is 24.3 Å². The van der Waals surface area contributed by atoms with E-state index in [0.717, 1.165) is 58.3 Å². The normalized spacial score (nSPS) is 34.8. The second kappa shape index (κ2) is 51.8. The first kappa shape index (κ1) is 92.0. The highest BCUT2D eigenvalue weighted by Gasteiger charge is 2.57. The Morgan fingerprint density at radius 1 is 0.375 bits per heavy atom. The highest BCUT2D eigenvalue weighted by atomic mass is 16.8. The lowest BCUT2D eigenvalue weighted by Crippen LogP contribution is -2.69. The van der Waals surface area contributed by atoms with Crippen molar-refractivity contribution in [2.45, 2.75) is 392 Å². The Kier molecular flexibility index (Phi) is 45.8. The molecule has 5 fully saturated rings. The average molecular weight is 1500 g/mol. The van der Waals surface area contributed by atoms with E-state index in [9.17, 15) is 91.3 Å². The van der Waals surface area contributed by atoms with Gasteiger partial charge < -0.3 is 140 Å². The third kappa shape index (κ3) is 30.2. The summed E-state index contributed by atoms with van der Waals surface area (Å²) in [5, 5.41) is 182. The SMILES string of the molecule is CCCCCCCC/C=C\CCCCCCCCCCCCCC(=O)N[C@@H](CO[C@@H]1OC(CO)[C@@H](O[C@@H]2OC(CO)[C@H](O[C@@H]3OC(CO)[C@H](O)[C@H](O[C@H]4OC(CO)[C@H](O)[C@H](O[C@@H]5OC(CO)[C@H](O)[C@H](O)C5NC(C)=O)C4O)C3O)[C@H](O)C2O)[C@H](O)C1O)[C@H](O)/C=C/CCCCCCCCCCCCC. The molecule has 0 aromatic heterocycles. The number of amides is 2. The minimum absolute atomic E-state index is 0.195. The number of aliphatic hydroxyl groups is 16. The average Bonchev–Trinajstić information content (AvgIpc) is 0.777. The van der Waals surface area contributed by atoms with Crippen LogP contribution in [-0.4, -0.2) is 299 Å². The standard InChI is InChI=1S/C74H134N2O28/c1-4-6-8-10-12-14-16-18-19-20-21-22-23-24-25-27-29-31-33-35-37-39-54(84)76-47(48(83)38-36-34-32-30-28-26-17-15-13-11-9-7-5-2)45-95-71-62(91)60(89)66(52(43-80)99-71)101-72-63(92)61(90)67(53(44-81)100-72)102-73-65(94)69(58(87)51(42-79)97-73)104-74-64(93)68(57(86)50(41-78)98-74)103-70-55(75-46(3)82)59(88)56(85)49(40-77)96-70/h18-19,36,38,47-53,55-74,77-81,83,85-94H,4-17,20-35,37,39-45H2,1-3H3,(H,75,82)(H,76,84)/b19-18-,38-36+/t47-,48+,49?,50?,51?,52?,53?,55?,56-,57-,58-,59+,60+,61+,62?,63?,64?,65?,66+,67-,68-,69-,70-,71+,72-,73-,74+/m0/s1. The molecule has 10 unspecified atom stereocenters. The molecule has 18 N–H and O–H groups in total. The molecular weight excluding hydrogens is 1360 g/mol. The molecule has 27 atom stereocenters. The fourth-order valence-corrected chi connectivity index (χ4v) is 14.0. The van der Waals surface area contributed by atoms with Crippen molar-refractivity contribution in [1.29, 1.82) is 0 Å². The number of ether oxygens (including phenoxy) is 10. The summed E-state index contributed by atoms with van der Waals surface area (Å²) in [6, 6.07) is -2.61. The zero-order valence-corrected chi connectivity index (χ0v) is 61.8. The number of unbranched alkanes of at least 4 members (excludes halogenated alkanes) is 28. The van der Waals surface area contributed by atoms with Crippen LogP contribution in [0.1, 0.15) is 226 Å². The van der Waals surface area contributed by atoms with Gasteiger partial charge in [-0.2, -0.15) is 0 Å². The van der Waals surface area contributed by atoms with Gasteiger partial charge in [-0.1, -0.05) is 192 Å². The van der Waals surface area contributed by atoms with E-state index in [-0.39, 0.29) is 12.3 Å². The van der Waals surface area contributed by atoms with E-state index in [1.165, 1.54) is 135 Å². The van der Waals surface area contributed by atoms with Crippen molar-refractivity contribution in [3.8, 4) is 0 Å². The number of rotatable bonds is 53. The molecule has 5 rings (SSSR count). The zero-order chi connectivity index (χ0) is 75.9. The van der Waals surface area contributed by atoms with Crippen LogP contribution in [0.2, 0.25) is 0 Å². The fraction of sp³-hybridized carbons (Fsp3) is 0.919. The summed E-state index contributed by atoms with van der Waals surface area (Å²) >= 11 is 0. The maximum absolute atomic E-state index is 13.5. The Morgan fingerprint density at radius 3 is 1.13 bits per heavy atom. The number of hydrogen-bond acceptors (Lipinski definition) is 28. The molecule has 0 spiro atoms. The molecule has 0 bridgehead atoms. The van der Waals surface area contributed by atoms with Crippen LogP contribution in [0.3, 0.4) is 0 Å². The van der Waals surface area contributed by atoms with Crippen molar-refractivity contribution in [2.24, 2.45) is 0 Å². The van der Waals surface area contributed by atoms with Gasteiger partial charge in [0.05, 0.1) is 51.8 Å². The lowest BCUT2D eigenvalue weighted by molar-refractivity contribution is -0.393. The van der Waals surface area contributed by atoms with Crippen molar-refractivity contribution in [1.82, 2.24) is 10.6 Å². The molecule has 5 aliphatic heterocycles. The third-order valence-corrected chi connectivity index (χ3v) is 20.4. The van der Waals surface area contributed by atoms with E-state index < -0.39 is 211 Å². The maximum Gasteiger partial charge on any atom is 0.220 e. The summed E-state index contributed by atoms with van der Waals surface area (Å²) in [6.45, 7) is 0.386. The topological polar surface area (TPSA) is 474 Å². The fourth-order valence-electron chi connectivity index (χ4n) is 14.0. The highest BCUT2D eigenvalue weighted by Crippen LogP contribution is 2.37. The Balaban J connectivity index is 1.14. The van der Waals surface area contributed by atoms with Crippen LogP contribution in [0.25, 0.3) is 0 Å². The minimum atomic E-state index is -2.19. The van der Waals surface area contributed by atoms with Crippen LogP contribution in [0.4, 0.5) is 0 Å². The monoisotopic (exact) mass is 1500 g/mol. The largest absolute Gasteiger partial charge is 0.394 e. The first-order chi connectivity index (χ1) is 50.2. The summed E-state index contributed by atoms with van der Waals surface area (Å²) in [4.78, 5) is 25.6. The van der Waals surface area contributed by atoms with Crippen LogP contribution in [0.5, 0.6) is 0 Å². The second-order valence-corrected chi connectivity index (χ2v) is 28.9. The van der Waals surface area contributed by atoms with Crippen molar-refractivity contribution in [3.63, 3.8) is 0 Å². The third-order valence-electron chi connectivity index (χ3n) is 20.4. The molecule has 0 aromatic carbocycles. The van der Waals surface area contributed by atoms with Gasteiger partial charge in [0, 0.05) is 13.3 Å². The van der Waals surface area contributed by atoms with Gasteiger partial charge in [-0.25, -0.2) is 0 Å². The van der Waals surface area contributed by atoms with E-state index in [2.05, 4.69) is 36.6 Å². The van der Waals surface area contributed by atoms with Gasteiger partial charge in [0.1, 0.15) is 122 Å². The molecule has 2 amide bonds. The first-order valence-electron chi connectivity index (χ1n) is 39.1. The van der Waals surface area contributed by atoms with Gasteiger partial charge in [-0.05, 0) is 44.9 Å². The zero-order valence-electron chi connectivity index (χ0n) is 61.8. The second-order valence-electron chi connectivity index (χ2n) is 28.9. The minimum Gasteiger partial charge on any atom is -0.394 e. The highest BCUT2D eigenvalue weighted by molar-refractivity contribution is 5.76. The van der Waals surface area contributed by atoms with E-state index in [1.54, 1.807) is 6.08 Å². The Bertz CT molecular complexity index is 2300. The molecule has 5 aliphatic rings. The number of carbonyl (C=O) groups excluding carboxylic acids is 2. The molecule has 0 aromatic rings. The number of allylic oxidation sites excluding steroid dienone is 3. The quantitative estimate of drug-likeness (QED) is 0.0304. The predicted octanol–water partition coefficient (Wildman–Crippen LogP) is 1.72.